The number of nitrogens with zero attached hydrogens (tertiary/aromatic N) is 1. The quantitative estimate of drug-likeness (QED) is 0.624. The zero-order valence-electron chi connectivity index (χ0n) is 12.9. The Morgan fingerprint density at radius 1 is 1.17 bits per heavy atom. The van der Waals surface area contributed by atoms with Crippen molar-refractivity contribution in [1.29, 1.82) is 0 Å². The van der Waals surface area contributed by atoms with Crippen LogP contribution < -0.4 is 5.32 Å². The highest BCUT2D eigenvalue weighted by Gasteiger charge is 2.61. The van der Waals surface area contributed by atoms with E-state index in [4.69, 9.17) is 44.3 Å². The summed E-state index contributed by atoms with van der Waals surface area (Å²) in [7, 11) is 1.17. The smallest absolute Gasteiger partial charge is 0.351 e. The second-order valence-electron chi connectivity index (χ2n) is 5.12. The Morgan fingerprint density at radius 2 is 1.75 bits per heavy atom. The maximum Gasteiger partial charge on any atom is 0.351 e. The molecule has 0 radical (unpaired) electrons. The van der Waals surface area contributed by atoms with Gasteiger partial charge in [-0.2, -0.15) is 0 Å². The third-order valence-corrected chi connectivity index (χ3v) is 4.53. The lowest BCUT2D eigenvalue weighted by atomic mass is 10.1. The van der Waals surface area contributed by atoms with Crippen LogP contribution in [0.2, 0.25) is 0 Å². The monoisotopic (exact) mass is 394 g/mol. The SMILES string of the molecule is COC(=O)C(NC(=O)c1ccccc1)(N1CCOCC1)C(Cl)(Cl)Cl. The number of carbonyl (C=O) groups excluding carboxylic acids is 2. The summed E-state index contributed by atoms with van der Waals surface area (Å²) in [5, 5.41) is 2.57. The molecule has 9 heteroatoms. The number of esters is 1. The van der Waals surface area contributed by atoms with Crippen molar-refractivity contribution in [2.24, 2.45) is 0 Å². The number of amides is 1. The number of benzene rings is 1. The van der Waals surface area contributed by atoms with Crippen LogP contribution >= 0.6 is 34.8 Å². The maximum atomic E-state index is 12.6. The maximum absolute atomic E-state index is 12.6. The van der Waals surface area contributed by atoms with Gasteiger partial charge in [-0.3, -0.25) is 9.69 Å². The van der Waals surface area contributed by atoms with E-state index in [1.54, 1.807) is 35.2 Å². The summed E-state index contributed by atoms with van der Waals surface area (Å²) < 4.78 is 7.95. The van der Waals surface area contributed by atoms with Crippen molar-refractivity contribution < 1.29 is 19.1 Å². The molecule has 0 spiro atoms. The van der Waals surface area contributed by atoms with Gasteiger partial charge in [-0.25, -0.2) is 4.79 Å². The Kier molecular flexibility index (Phi) is 6.33. The molecule has 1 heterocycles. The zero-order chi connectivity index (χ0) is 17.8. The number of carbonyl (C=O) groups is 2. The average Bonchev–Trinajstić information content (AvgIpc) is 2.59. The highest BCUT2D eigenvalue weighted by atomic mass is 35.6. The van der Waals surface area contributed by atoms with Crippen LogP contribution in [0.4, 0.5) is 0 Å². The number of morpholine rings is 1. The number of nitrogens with one attached hydrogen (secondary N) is 1. The Bertz CT molecular complexity index is 588. The van der Waals surface area contributed by atoms with Crippen LogP contribution in [0.3, 0.4) is 0 Å². The zero-order valence-corrected chi connectivity index (χ0v) is 15.2. The van der Waals surface area contributed by atoms with E-state index in [9.17, 15) is 9.59 Å². The van der Waals surface area contributed by atoms with Gasteiger partial charge in [-0.15, -0.1) is 0 Å². The lowest BCUT2D eigenvalue weighted by Crippen LogP contribution is -2.74. The van der Waals surface area contributed by atoms with Crippen LogP contribution in [0, 0.1) is 0 Å². The van der Waals surface area contributed by atoms with Crippen molar-refractivity contribution >= 4 is 46.7 Å². The van der Waals surface area contributed by atoms with Crippen molar-refractivity contribution in [3.8, 4) is 0 Å². The second-order valence-corrected chi connectivity index (χ2v) is 7.40. The first-order valence-electron chi connectivity index (χ1n) is 7.18. The highest BCUT2D eigenvalue weighted by molar-refractivity contribution is 6.69. The van der Waals surface area contributed by atoms with E-state index in [-0.39, 0.29) is 13.1 Å². The van der Waals surface area contributed by atoms with Gasteiger partial charge >= 0.3 is 5.97 Å². The summed E-state index contributed by atoms with van der Waals surface area (Å²) in [6.45, 7) is 1.25. The molecule has 2 rings (SSSR count). The van der Waals surface area contributed by atoms with Crippen LogP contribution in [0.5, 0.6) is 0 Å². The molecule has 0 aromatic heterocycles. The number of rotatable bonds is 4. The molecule has 1 amide bonds. The molecule has 1 unspecified atom stereocenters. The van der Waals surface area contributed by atoms with Crippen molar-refractivity contribution in [3.05, 3.63) is 35.9 Å². The Labute approximate surface area is 154 Å². The van der Waals surface area contributed by atoms with Gasteiger partial charge in [-0.05, 0) is 12.1 Å². The lowest BCUT2D eigenvalue weighted by molar-refractivity contribution is -0.160. The summed E-state index contributed by atoms with van der Waals surface area (Å²) in [6.07, 6.45) is 0. The van der Waals surface area contributed by atoms with Crippen LogP contribution in [-0.2, 0) is 14.3 Å². The number of ether oxygens (including phenoxy) is 2. The molecule has 132 valence electrons. The van der Waals surface area contributed by atoms with E-state index in [2.05, 4.69) is 5.32 Å². The van der Waals surface area contributed by atoms with Crippen molar-refractivity contribution in [2.75, 3.05) is 33.4 Å². The standard InChI is InChI=1S/C15H17Cl3N2O4/c1-23-13(22)14(15(16,17)18,20-7-9-24-10-8-20)19-12(21)11-5-3-2-4-6-11/h2-6H,7-10H2,1H3,(H,19,21). The predicted molar refractivity (Wildman–Crippen MR) is 91.3 cm³/mol. The molecule has 1 aliphatic heterocycles. The molecular weight excluding hydrogens is 379 g/mol. The lowest BCUT2D eigenvalue weighted by Gasteiger charge is -2.46. The Hall–Kier alpha value is -1.05. The second kappa shape index (κ2) is 7.89. The van der Waals surface area contributed by atoms with Crippen LogP contribution in [0.15, 0.2) is 30.3 Å². The Morgan fingerprint density at radius 3 is 2.25 bits per heavy atom. The van der Waals surface area contributed by atoms with Gasteiger partial charge < -0.3 is 14.8 Å². The van der Waals surface area contributed by atoms with E-state index >= 15 is 0 Å². The van der Waals surface area contributed by atoms with Gasteiger partial charge in [0.15, 0.2) is 0 Å². The molecule has 0 aliphatic carbocycles. The fraction of sp³-hybridized carbons (Fsp3) is 0.467. The summed E-state index contributed by atoms with van der Waals surface area (Å²) in [5.74, 6) is -1.42. The fourth-order valence-electron chi connectivity index (χ4n) is 2.50. The summed E-state index contributed by atoms with van der Waals surface area (Å²) in [6, 6.07) is 8.34. The number of alkyl halides is 3. The van der Waals surface area contributed by atoms with Gasteiger partial charge in [-0.1, -0.05) is 53.0 Å². The molecule has 1 N–H and O–H groups in total. The van der Waals surface area contributed by atoms with Crippen LogP contribution in [-0.4, -0.2) is 59.6 Å². The third kappa shape index (κ3) is 3.78. The van der Waals surface area contributed by atoms with E-state index in [1.165, 1.54) is 7.11 Å². The van der Waals surface area contributed by atoms with Gasteiger partial charge in [0.25, 0.3) is 5.91 Å². The molecule has 6 nitrogen and oxygen atoms in total. The van der Waals surface area contributed by atoms with E-state index in [0.717, 1.165) is 0 Å². The van der Waals surface area contributed by atoms with E-state index in [0.29, 0.717) is 18.8 Å². The van der Waals surface area contributed by atoms with E-state index < -0.39 is 21.3 Å². The first-order valence-corrected chi connectivity index (χ1v) is 8.32. The topological polar surface area (TPSA) is 67.9 Å². The molecule has 1 saturated heterocycles. The molecule has 24 heavy (non-hydrogen) atoms. The van der Waals surface area contributed by atoms with Crippen molar-refractivity contribution in [3.63, 3.8) is 0 Å². The van der Waals surface area contributed by atoms with Crippen molar-refractivity contribution in [2.45, 2.75) is 9.46 Å². The van der Waals surface area contributed by atoms with Crippen LogP contribution in [0.1, 0.15) is 10.4 Å². The largest absolute Gasteiger partial charge is 0.466 e. The van der Waals surface area contributed by atoms with Crippen molar-refractivity contribution in [1.82, 2.24) is 10.2 Å². The van der Waals surface area contributed by atoms with E-state index in [1.807, 2.05) is 0 Å². The number of hydrogen-bond acceptors (Lipinski definition) is 5. The van der Waals surface area contributed by atoms with Crippen LogP contribution in [0.25, 0.3) is 0 Å². The molecule has 0 bridgehead atoms. The highest BCUT2D eigenvalue weighted by Crippen LogP contribution is 2.42. The fourth-order valence-corrected chi connectivity index (χ4v) is 3.23. The van der Waals surface area contributed by atoms with Gasteiger partial charge in [0.05, 0.1) is 20.3 Å². The normalized spacial score (nSPS) is 18.5. The third-order valence-electron chi connectivity index (χ3n) is 3.71. The molecule has 0 saturated carbocycles. The first-order chi connectivity index (χ1) is 11.3. The first kappa shape index (κ1) is 19.3. The Balaban J connectivity index is 2.44. The summed E-state index contributed by atoms with van der Waals surface area (Å²) >= 11 is 18.4. The average molecular weight is 396 g/mol. The number of halogens is 3. The molecule has 1 aliphatic rings. The minimum Gasteiger partial charge on any atom is -0.466 e. The molecule has 1 aromatic carbocycles. The summed E-state index contributed by atoms with van der Waals surface area (Å²) in [4.78, 5) is 26.7. The molecular formula is C15H17Cl3N2O4. The van der Waals surface area contributed by atoms with Gasteiger partial charge in [0.1, 0.15) is 0 Å². The number of hydrogen-bond donors (Lipinski definition) is 1. The minimum atomic E-state index is -2.16. The predicted octanol–water partition coefficient (Wildman–Crippen LogP) is 1.99. The van der Waals surface area contributed by atoms with Gasteiger partial charge in [0.2, 0.25) is 9.46 Å². The molecule has 1 atom stereocenters. The van der Waals surface area contributed by atoms with Gasteiger partial charge in [0, 0.05) is 18.7 Å². The minimum absolute atomic E-state index is 0.290. The number of methoxy groups -OCH3 is 1. The summed E-state index contributed by atoms with van der Waals surface area (Å²) in [5.41, 5.74) is -1.64. The molecule has 1 fully saturated rings. The molecule has 1 aromatic rings.